The lowest BCUT2D eigenvalue weighted by Crippen LogP contribution is -2.29. The summed E-state index contributed by atoms with van der Waals surface area (Å²) in [5, 5.41) is 16.1. The van der Waals surface area contributed by atoms with Gasteiger partial charge in [-0.1, -0.05) is 170 Å². The van der Waals surface area contributed by atoms with Crippen molar-refractivity contribution in [3.63, 3.8) is 0 Å². The Kier molecular flexibility index (Phi) is 8.11. The number of imide groups is 1. The molecule has 0 atom stereocenters. The number of hydrogen-bond donors (Lipinski definition) is 0. The predicted octanol–water partition coefficient (Wildman–Crippen LogP) is 13.6. The smallest absolute Gasteiger partial charge is 0.266 e. The topological polar surface area (TPSA) is 71.0 Å². The second-order valence-corrected chi connectivity index (χ2v) is 15.8. The summed E-state index contributed by atoms with van der Waals surface area (Å²) < 4.78 is 4.44. The van der Waals surface area contributed by atoms with E-state index in [-0.39, 0.29) is 5.91 Å². The third-order valence-electron chi connectivity index (χ3n) is 12.5. The molecule has 3 heterocycles. The van der Waals surface area contributed by atoms with Gasteiger partial charge in [0, 0.05) is 38.2 Å². The van der Waals surface area contributed by atoms with Gasteiger partial charge in [-0.2, -0.15) is 5.26 Å². The summed E-state index contributed by atoms with van der Waals surface area (Å²) in [5.41, 5.74) is 11.9. The molecular weight excluding hydrogens is 773 g/mol. The van der Waals surface area contributed by atoms with Gasteiger partial charge in [0.1, 0.15) is 11.6 Å². The molecule has 294 valence electrons. The molecule has 0 bridgehead atoms. The molecule has 0 fully saturated rings. The molecule has 1 aliphatic heterocycles. The Labute approximate surface area is 362 Å². The molecule has 6 heteroatoms. The third kappa shape index (κ3) is 5.30. The average Bonchev–Trinajstić information content (AvgIpc) is 3.96. The fourth-order valence-electron chi connectivity index (χ4n) is 9.87. The van der Waals surface area contributed by atoms with Crippen molar-refractivity contribution in [1.82, 2.24) is 9.13 Å². The van der Waals surface area contributed by atoms with E-state index in [0.717, 1.165) is 65.9 Å². The van der Waals surface area contributed by atoms with Gasteiger partial charge in [-0.05, 0) is 53.1 Å². The second kappa shape index (κ2) is 14.2. The van der Waals surface area contributed by atoms with Gasteiger partial charge in [-0.15, -0.1) is 0 Å². The number of aromatic nitrogens is 2. The zero-order valence-electron chi connectivity index (χ0n) is 33.7. The minimum atomic E-state index is -0.410. The van der Waals surface area contributed by atoms with Crippen molar-refractivity contribution in [1.29, 1.82) is 5.26 Å². The molecule has 0 saturated carbocycles. The van der Waals surface area contributed by atoms with Crippen LogP contribution in [0.4, 0.5) is 5.69 Å². The van der Waals surface area contributed by atoms with Crippen LogP contribution < -0.4 is 4.90 Å². The quantitative estimate of drug-likeness (QED) is 0.157. The van der Waals surface area contributed by atoms with Gasteiger partial charge in [0.15, 0.2) is 0 Å². The first kappa shape index (κ1) is 36.1. The number of carbonyl (C=O) groups excluding carboxylic acids is 2. The molecule has 0 radical (unpaired) electrons. The summed E-state index contributed by atoms with van der Waals surface area (Å²) in [5.74, 6) is -0.795. The lowest BCUT2D eigenvalue weighted by Gasteiger charge is -2.22. The Hall–Kier alpha value is -8.79. The Bertz CT molecular complexity index is 3730. The minimum absolute atomic E-state index is 0.302. The SMILES string of the molecule is N#Cc1c(-n2c3ccccc3c3cccc(-c4ccccc4)c32)ccc(-c2cccc3c2C(=O)N(c2ccccc2)C3=O)c1-n1c2ccccc2c2cccc(-c3ccccc3)c21. The molecule has 12 rings (SSSR count). The van der Waals surface area contributed by atoms with E-state index in [4.69, 9.17) is 0 Å². The standard InChI is InChI=1S/C57H34N4O2/c58-35-48-51(60-49-31-12-10-23-41(49)44-28-14-25-39(53(44)60)36-17-4-1-5-18-36)34-33-46(43-27-16-30-47-52(43)57(63)59(56(47)62)38-21-8-3-9-22-38)55(48)61-50-32-13-11-24-42(50)45-29-15-26-40(54(45)61)37-19-6-2-7-20-37/h1-34H. The first-order chi connectivity index (χ1) is 31.1. The lowest BCUT2D eigenvalue weighted by atomic mass is 9.92. The van der Waals surface area contributed by atoms with E-state index < -0.39 is 5.91 Å². The van der Waals surface area contributed by atoms with Crippen LogP contribution in [0.1, 0.15) is 26.3 Å². The lowest BCUT2D eigenvalue weighted by molar-refractivity contribution is 0.0926. The number of hydrogen-bond acceptors (Lipinski definition) is 3. The maximum atomic E-state index is 14.8. The fourth-order valence-corrected chi connectivity index (χ4v) is 9.87. The van der Waals surface area contributed by atoms with Crippen molar-refractivity contribution in [3.8, 4) is 50.8 Å². The number of benzene rings is 9. The van der Waals surface area contributed by atoms with E-state index in [1.165, 1.54) is 4.90 Å². The van der Waals surface area contributed by atoms with Crippen LogP contribution in [0.2, 0.25) is 0 Å². The van der Waals surface area contributed by atoms with Gasteiger partial charge in [-0.25, -0.2) is 4.90 Å². The number of carbonyl (C=O) groups is 2. The van der Waals surface area contributed by atoms with Crippen molar-refractivity contribution in [2.24, 2.45) is 0 Å². The van der Waals surface area contributed by atoms with Crippen molar-refractivity contribution in [2.75, 3.05) is 4.90 Å². The number of para-hydroxylation sites is 5. The van der Waals surface area contributed by atoms with E-state index in [9.17, 15) is 14.9 Å². The van der Waals surface area contributed by atoms with Crippen LogP contribution >= 0.6 is 0 Å². The van der Waals surface area contributed by atoms with Crippen molar-refractivity contribution >= 4 is 61.1 Å². The molecule has 0 saturated heterocycles. The summed E-state index contributed by atoms with van der Waals surface area (Å²) in [6, 6.07) is 71.3. The molecule has 63 heavy (non-hydrogen) atoms. The maximum absolute atomic E-state index is 14.8. The molecular formula is C57H34N4O2. The maximum Gasteiger partial charge on any atom is 0.266 e. The molecule has 2 aromatic heterocycles. The highest BCUT2D eigenvalue weighted by Gasteiger charge is 2.39. The van der Waals surface area contributed by atoms with Crippen LogP contribution in [-0.2, 0) is 0 Å². The van der Waals surface area contributed by atoms with Crippen molar-refractivity contribution < 1.29 is 9.59 Å². The average molecular weight is 807 g/mol. The van der Waals surface area contributed by atoms with Crippen LogP contribution in [-0.4, -0.2) is 20.9 Å². The monoisotopic (exact) mass is 806 g/mol. The number of fused-ring (bicyclic) bond motifs is 7. The minimum Gasteiger partial charge on any atom is -0.307 e. The van der Waals surface area contributed by atoms with Gasteiger partial charge in [0.2, 0.25) is 0 Å². The molecule has 9 aromatic carbocycles. The Morgan fingerprint density at radius 1 is 0.381 bits per heavy atom. The summed E-state index contributed by atoms with van der Waals surface area (Å²) in [4.78, 5) is 30.3. The summed E-state index contributed by atoms with van der Waals surface area (Å²) in [6.07, 6.45) is 0. The molecule has 2 amide bonds. The first-order valence-electron chi connectivity index (χ1n) is 20.9. The van der Waals surface area contributed by atoms with Gasteiger partial charge in [0.05, 0.1) is 50.3 Å². The van der Waals surface area contributed by atoms with Crippen LogP contribution in [0.3, 0.4) is 0 Å². The van der Waals surface area contributed by atoms with E-state index in [2.05, 4.69) is 106 Å². The number of rotatable bonds is 6. The Morgan fingerprint density at radius 3 is 1.46 bits per heavy atom. The number of anilines is 1. The van der Waals surface area contributed by atoms with Crippen LogP contribution in [0.15, 0.2) is 206 Å². The van der Waals surface area contributed by atoms with E-state index in [1.807, 2.05) is 97.1 Å². The summed E-state index contributed by atoms with van der Waals surface area (Å²) in [6.45, 7) is 0. The van der Waals surface area contributed by atoms with Crippen molar-refractivity contribution in [3.05, 3.63) is 223 Å². The summed E-state index contributed by atoms with van der Waals surface area (Å²) in [7, 11) is 0. The number of amides is 2. The zero-order chi connectivity index (χ0) is 42.2. The highest BCUT2D eigenvalue weighted by molar-refractivity contribution is 6.36. The van der Waals surface area contributed by atoms with E-state index in [0.29, 0.717) is 44.9 Å². The van der Waals surface area contributed by atoms with Crippen LogP contribution in [0, 0.1) is 11.3 Å². The van der Waals surface area contributed by atoms with Crippen LogP contribution in [0.5, 0.6) is 0 Å². The molecule has 0 unspecified atom stereocenters. The van der Waals surface area contributed by atoms with Crippen LogP contribution in [0.25, 0.3) is 88.4 Å². The number of nitrogens with zero attached hydrogens (tertiary/aromatic N) is 4. The van der Waals surface area contributed by atoms with E-state index >= 15 is 0 Å². The number of nitriles is 1. The van der Waals surface area contributed by atoms with Gasteiger partial charge in [-0.3, -0.25) is 9.59 Å². The van der Waals surface area contributed by atoms with Crippen molar-refractivity contribution in [2.45, 2.75) is 0 Å². The predicted molar refractivity (Wildman–Crippen MR) is 254 cm³/mol. The molecule has 11 aromatic rings. The fraction of sp³-hybridized carbons (Fsp3) is 0. The first-order valence-corrected chi connectivity index (χ1v) is 20.9. The van der Waals surface area contributed by atoms with Gasteiger partial charge in [0.25, 0.3) is 11.8 Å². The summed E-state index contributed by atoms with van der Waals surface area (Å²) >= 11 is 0. The third-order valence-corrected chi connectivity index (χ3v) is 12.5. The highest BCUT2D eigenvalue weighted by atomic mass is 16.2. The highest BCUT2D eigenvalue weighted by Crippen LogP contribution is 2.47. The zero-order valence-corrected chi connectivity index (χ0v) is 33.7. The molecule has 6 nitrogen and oxygen atoms in total. The molecule has 0 aliphatic carbocycles. The van der Waals surface area contributed by atoms with Gasteiger partial charge < -0.3 is 9.13 Å². The second-order valence-electron chi connectivity index (χ2n) is 15.8. The van der Waals surface area contributed by atoms with E-state index in [1.54, 1.807) is 18.2 Å². The Morgan fingerprint density at radius 2 is 0.857 bits per heavy atom. The molecule has 1 aliphatic rings. The molecule has 0 spiro atoms. The Balaban J connectivity index is 1.25. The molecule has 0 N–H and O–H groups in total. The van der Waals surface area contributed by atoms with Gasteiger partial charge >= 0.3 is 0 Å². The normalized spacial score (nSPS) is 12.5. The largest absolute Gasteiger partial charge is 0.307 e.